The van der Waals surface area contributed by atoms with Gasteiger partial charge in [0.15, 0.2) is 9.84 Å². The molecule has 0 saturated carbocycles. The van der Waals surface area contributed by atoms with Crippen LogP contribution in [-0.2, 0) is 19.4 Å². The highest BCUT2D eigenvalue weighted by Crippen LogP contribution is 2.31. The van der Waals surface area contributed by atoms with Gasteiger partial charge in [-0.2, -0.15) is 0 Å². The van der Waals surface area contributed by atoms with E-state index in [4.69, 9.17) is 0 Å². The monoisotopic (exact) mass is 442 g/mol. The summed E-state index contributed by atoms with van der Waals surface area (Å²) in [5, 5.41) is 5.71. The van der Waals surface area contributed by atoms with Crippen molar-refractivity contribution in [1.29, 1.82) is 0 Å². The third-order valence-corrected chi connectivity index (χ3v) is 7.95. The predicted octanol–water partition coefficient (Wildman–Crippen LogP) is 3.94. The fraction of sp³-hybridized carbons (Fsp3) is 0.417. The first-order valence-electron chi connectivity index (χ1n) is 10.5. The number of carbonyl (C=O) groups excluding carboxylic acids is 2. The normalized spacial score (nSPS) is 19.7. The van der Waals surface area contributed by atoms with Crippen molar-refractivity contribution in [3.05, 3.63) is 58.7 Å². The number of carbonyl (C=O) groups is 2. The van der Waals surface area contributed by atoms with Gasteiger partial charge in [-0.25, -0.2) is 8.42 Å². The number of aryl methyl sites for hydroxylation is 4. The number of rotatable bonds is 6. The Balaban J connectivity index is 1.63. The van der Waals surface area contributed by atoms with E-state index in [-0.39, 0.29) is 48.0 Å². The summed E-state index contributed by atoms with van der Waals surface area (Å²) in [6, 6.07) is 11.3. The Hall–Kier alpha value is -2.67. The van der Waals surface area contributed by atoms with Crippen LogP contribution in [0.5, 0.6) is 0 Å². The molecule has 7 heteroatoms. The first-order valence-corrected chi connectivity index (χ1v) is 12.3. The second-order valence-corrected chi connectivity index (χ2v) is 10.9. The van der Waals surface area contributed by atoms with Gasteiger partial charge in [0.2, 0.25) is 11.8 Å². The van der Waals surface area contributed by atoms with Gasteiger partial charge in [0.1, 0.15) is 0 Å². The van der Waals surface area contributed by atoms with E-state index in [2.05, 4.69) is 10.6 Å². The Morgan fingerprint density at radius 2 is 1.13 bits per heavy atom. The lowest BCUT2D eigenvalue weighted by atomic mass is 9.89. The van der Waals surface area contributed by atoms with Gasteiger partial charge < -0.3 is 10.6 Å². The van der Waals surface area contributed by atoms with E-state index in [1.807, 2.05) is 64.1 Å². The van der Waals surface area contributed by atoms with Gasteiger partial charge in [0.25, 0.3) is 0 Å². The third kappa shape index (κ3) is 6.17. The van der Waals surface area contributed by atoms with Gasteiger partial charge in [0, 0.05) is 24.2 Å². The number of benzene rings is 2. The molecule has 6 nitrogen and oxygen atoms in total. The van der Waals surface area contributed by atoms with Crippen molar-refractivity contribution in [1.82, 2.24) is 0 Å². The van der Waals surface area contributed by atoms with E-state index in [1.165, 1.54) is 0 Å². The van der Waals surface area contributed by atoms with Crippen LogP contribution in [0.3, 0.4) is 0 Å². The molecule has 2 aromatic carbocycles. The Labute approximate surface area is 184 Å². The molecule has 2 aromatic rings. The predicted molar refractivity (Wildman–Crippen MR) is 124 cm³/mol. The number of nitrogens with one attached hydrogen (secondary N) is 2. The molecule has 1 heterocycles. The zero-order chi connectivity index (χ0) is 22.8. The lowest BCUT2D eigenvalue weighted by Crippen LogP contribution is -2.25. The quantitative estimate of drug-likeness (QED) is 0.709. The maximum Gasteiger partial charge on any atom is 0.224 e. The summed E-state index contributed by atoms with van der Waals surface area (Å²) < 4.78 is 24.5. The average Bonchev–Trinajstić information content (AvgIpc) is 2.94. The van der Waals surface area contributed by atoms with Crippen LogP contribution >= 0.6 is 0 Å². The van der Waals surface area contributed by atoms with E-state index in [1.54, 1.807) is 0 Å². The second kappa shape index (κ2) is 9.22. The van der Waals surface area contributed by atoms with E-state index in [0.29, 0.717) is 11.4 Å². The molecule has 0 radical (unpaired) electrons. The minimum Gasteiger partial charge on any atom is -0.326 e. The number of anilines is 2. The Morgan fingerprint density at radius 3 is 1.48 bits per heavy atom. The molecule has 0 unspecified atom stereocenters. The van der Waals surface area contributed by atoms with Crippen LogP contribution in [0.2, 0.25) is 0 Å². The highest BCUT2D eigenvalue weighted by molar-refractivity contribution is 7.91. The number of hydrogen-bond donors (Lipinski definition) is 2. The van der Waals surface area contributed by atoms with Crippen LogP contribution in [0, 0.1) is 39.5 Å². The van der Waals surface area contributed by atoms with Crippen molar-refractivity contribution in [2.45, 2.75) is 40.5 Å². The Kier molecular flexibility index (Phi) is 6.84. The maximum absolute atomic E-state index is 12.6. The summed E-state index contributed by atoms with van der Waals surface area (Å²) in [6.45, 7) is 7.94. The zero-order valence-corrected chi connectivity index (χ0v) is 19.3. The van der Waals surface area contributed by atoms with Crippen molar-refractivity contribution in [3.63, 3.8) is 0 Å². The summed E-state index contributed by atoms with van der Waals surface area (Å²) in [5.41, 5.74) is 5.80. The van der Waals surface area contributed by atoms with Gasteiger partial charge in [-0.1, -0.05) is 12.1 Å². The zero-order valence-electron chi connectivity index (χ0n) is 18.5. The smallest absolute Gasteiger partial charge is 0.224 e. The van der Waals surface area contributed by atoms with Crippen LogP contribution in [0.15, 0.2) is 36.4 Å². The molecule has 31 heavy (non-hydrogen) atoms. The maximum atomic E-state index is 12.6. The van der Waals surface area contributed by atoms with Crippen LogP contribution in [0.25, 0.3) is 0 Å². The molecule has 0 aliphatic carbocycles. The minimum absolute atomic E-state index is 0.0606. The van der Waals surface area contributed by atoms with Crippen LogP contribution in [0.1, 0.15) is 35.1 Å². The molecule has 2 atom stereocenters. The van der Waals surface area contributed by atoms with E-state index in [9.17, 15) is 18.0 Å². The van der Waals surface area contributed by atoms with Crippen molar-refractivity contribution >= 4 is 33.0 Å². The summed E-state index contributed by atoms with van der Waals surface area (Å²) >= 11 is 0. The van der Waals surface area contributed by atoms with Crippen LogP contribution in [-0.4, -0.2) is 31.7 Å². The highest BCUT2D eigenvalue weighted by atomic mass is 32.2. The summed E-state index contributed by atoms with van der Waals surface area (Å²) in [6.07, 6.45) is 0.154. The molecule has 0 bridgehead atoms. The van der Waals surface area contributed by atoms with Crippen LogP contribution in [0.4, 0.5) is 11.4 Å². The van der Waals surface area contributed by atoms with Gasteiger partial charge in [-0.3, -0.25) is 9.59 Å². The lowest BCUT2D eigenvalue weighted by Gasteiger charge is -2.18. The number of hydrogen-bond acceptors (Lipinski definition) is 4. The molecule has 2 N–H and O–H groups in total. The Bertz CT molecular complexity index is 1030. The summed E-state index contributed by atoms with van der Waals surface area (Å²) in [5.74, 6) is -1.33. The number of sulfone groups is 1. The average molecular weight is 443 g/mol. The minimum atomic E-state index is -3.27. The van der Waals surface area contributed by atoms with Gasteiger partial charge in [-0.05, 0) is 86.1 Å². The van der Waals surface area contributed by atoms with E-state index < -0.39 is 9.84 Å². The van der Waals surface area contributed by atoms with Crippen molar-refractivity contribution in [2.75, 3.05) is 22.1 Å². The van der Waals surface area contributed by atoms with Gasteiger partial charge in [0.05, 0.1) is 11.5 Å². The first kappa shape index (κ1) is 23.0. The van der Waals surface area contributed by atoms with Gasteiger partial charge >= 0.3 is 0 Å². The van der Waals surface area contributed by atoms with Crippen molar-refractivity contribution < 1.29 is 18.0 Å². The molecule has 3 rings (SSSR count). The molecular formula is C24H30N2O4S. The summed E-state index contributed by atoms with van der Waals surface area (Å²) in [7, 11) is -3.27. The first-order chi connectivity index (χ1) is 14.5. The molecule has 166 valence electrons. The molecule has 2 amide bonds. The molecule has 1 aliphatic heterocycles. The van der Waals surface area contributed by atoms with E-state index in [0.717, 1.165) is 22.3 Å². The molecule has 1 aliphatic rings. The standard InChI is InChI=1S/C24H30N2O4S/c1-15-5-7-21(9-17(15)3)25-23(27)11-19-13-31(29,30)14-20(19)12-24(28)26-22-8-6-16(2)18(4)10-22/h5-10,19-20H,11-14H2,1-4H3,(H,25,27)(H,26,28)/t19-,20-/m1/s1. The fourth-order valence-electron chi connectivity index (χ4n) is 3.98. The third-order valence-electron chi connectivity index (χ3n) is 6.08. The largest absolute Gasteiger partial charge is 0.326 e. The summed E-state index contributed by atoms with van der Waals surface area (Å²) in [4.78, 5) is 25.1. The topological polar surface area (TPSA) is 92.3 Å². The fourth-order valence-corrected chi connectivity index (χ4v) is 6.20. The lowest BCUT2D eigenvalue weighted by molar-refractivity contribution is -0.119. The molecule has 1 fully saturated rings. The molecular weight excluding hydrogens is 412 g/mol. The van der Waals surface area contributed by atoms with Gasteiger partial charge in [-0.15, -0.1) is 0 Å². The second-order valence-electron chi connectivity index (χ2n) is 8.70. The van der Waals surface area contributed by atoms with Crippen LogP contribution < -0.4 is 10.6 Å². The van der Waals surface area contributed by atoms with Crippen molar-refractivity contribution in [3.8, 4) is 0 Å². The van der Waals surface area contributed by atoms with E-state index >= 15 is 0 Å². The number of amides is 2. The Morgan fingerprint density at radius 1 is 0.742 bits per heavy atom. The molecule has 1 saturated heterocycles. The molecule has 0 aromatic heterocycles. The van der Waals surface area contributed by atoms with Crippen molar-refractivity contribution in [2.24, 2.45) is 11.8 Å². The highest BCUT2D eigenvalue weighted by Gasteiger charge is 2.39. The molecule has 0 spiro atoms. The SMILES string of the molecule is Cc1ccc(NC(=O)C[C@@H]2CS(=O)(=O)C[C@H]2CC(=O)Nc2ccc(C)c(C)c2)cc1C.